The van der Waals surface area contributed by atoms with E-state index in [1.807, 2.05) is 0 Å². The minimum atomic E-state index is 0.646. The van der Waals surface area contributed by atoms with Crippen molar-refractivity contribution in [2.75, 3.05) is 0 Å². The summed E-state index contributed by atoms with van der Waals surface area (Å²) in [6.07, 6.45) is 15.1. The van der Waals surface area contributed by atoms with Crippen LogP contribution in [0.2, 0.25) is 0 Å². The maximum atomic E-state index is 4.01. The second kappa shape index (κ2) is 12.1. The van der Waals surface area contributed by atoms with Crippen molar-refractivity contribution in [2.24, 2.45) is 5.92 Å². The van der Waals surface area contributed by atoms with E-state index in [1.165, 1.54) is 64.2 Å². The highest BCUT2D eigenvalue weighted by Crippen LogP contribution is 2.12. The fourth-order valence-electron chi connectivity index (χ4n) is 1.91. The third-order valence-electron chi connectivity index (χ3n) is 2.95. The Hall–Kier alpha value is 0. The van der Waals surface area contributed by atoms with Gasteiger partial charge >= 0.3 is 0 Å². The van der Waals surface area contributed by atoms with E-state index >= 15 is 0 Å². The Bertz CT molecular complexity index is 105. The Kier molecular flexibility index (Phi) is 12.1. The maximum absolute atomic E-state index is 4.01. The van der Waals surface area contributed by atoms with Crippen molar-refractivity contribution >= 4 is 0 Å². The first-order valence-corrected chi connectivity index (χ1v) is 6.89. The van der Waals surface area contributed by atoms with Crippen LogP contribution in [0.3, 0.4) is 0 Å². The molecule has 90 valence electrons. The Morgan fingerprint density at radius 1 is 0.733 bits per heavy atom. The molecule has 0 aliphatic carbocycles. The zero-order valence-corrected chi connectivity index (χ0v) is 10.8. The highest BCUT2D eigenvalue weighted by Gasteiger charge is 1.95. The molecule has 0 amide bonds. The van der Waals surface area contributed by atoms with Gasteiger partial charge in [-0.25, -0.2) is 0 Å². The van der Waals surface area contributed by atoms with Crippen LogP contribution in [0.1, 0.15) is 77.6 Å². The first kappa shape index (κ1) is 15.0. The molecule has 0 aromatic carbocycles. The van der Waals surface area contributed by atoms with Crippen molar-refractivity contribution in [3.8, 4) is 0 Å². The van der Waals surface area contributed by atoms with Crippen molar-refractivity contribution in [1.29, 1.82) is 0 Å². The molecule has 0 rings (SSSR count). The summed E-state index contributed by atoms with van der Waals surface area (Å²) >= 11 is 0. The molecule has 0 saturated carbocycles. The van der Waals surface area contributed by atoms with Gasteiger partial charge in [-0.3, -0.25) is 0 Å². The van der Waals surface area contributed by atoms with Crippen molar-refractivity contribution in [1.82, 2.24) is 0 Å². The molecule has 0 fully saturated rings. The van der Waals surface area contributed by atoms with Gasteiger partial charge in [-0.05, 0) is 5.92 Å². The van der Waals surface area contributed by atoms with Crippen LogP contribution in [-0.4, -0.2) is 0 Å². The van der Waals surface area contributed by atoms with E-state index in [4.69, 9.17) is 0 Å². The zero-order valence-electron chi connectivity index (χ0n) is 10.8. The van der Waals surface area contributed by atoms with Crippen LogP contribution < -0.4 is 0 Å². The van der Waals surface area contributed by atoms with Crippen LogP contribution in [0, 0.1) is 19.8 Å². The van der Waals surface area contributed by atoms with Crippen LogP contribution in [0.15, 0.2) is 0 Å². The standard InChI is InChI=1S/C15H30/c1-4-5-6-7-8-9-10-11-12-13-14-15(2)3/h15H,1-2,4-14H2,3H3. The van der Waals surface area contributed by atoms with Gasteiger partial charge in [-0.15, -0.1) is 0 Å². The lowest BCUT2D eigenvalue weighted by Crippen LogP contribution is -1.87. The summed E-state index contributed by atoms with van der Waals surface area (Å²) in [6.45, 7) is 10.1. The normalized spacial score (nSPS) is 11.2. The molecule has 0 saturated heterocycles. The molecule has 1 atom stereocenters. The topological polar surface area (TPSA) is 0 Å². The van der Waals surface area contributed by atoms with Crippen LogP contribution in [0.25, 0.3) is 0 Å². The summed E-state index contributed by atoms with van der Waals surface area (Å²) < 4.78 is 0. The highest BCUT2D eigenvalue weighted by molar-refractivity contribution is 4.54. The molecule has 0 nitrogen and oxygen atoms in total. The minimum Gasteiger partial charge on any atom is -0.0625 e. The number of rotatable bonds is 11. The third kappa shape index (κ3) is 14.0. The fraction of sp³-hybridized carbons (Fsp3) is 0.867. The molecule has 0 aromatic rings. The van der Waals surface area contributed by atoms with Crippen LogP contribution in [-0.2, 0) is 0 Å². The van der Waals surface area contributed by atoms with Crippen LogP contribution in [0.5, 0.6) is 0 Å². The molecule has 1 unspecified atom stereocenters. The molecule has 0 aliphatic heterocycles. The summed E-state index contributed by atoms with van der Waals surface area (Å²) in [5.74, 6) is 0.646. The summed E-state index contributed by atoms with van der Waals surface area (Å²) in [7, 11) is 0. The third-order valence-corrected chi connectivity index (χ3v) is 2.95. The van der Waals surface area contributed by atoms with E-state index in [-0.39, 0.29) is 0 Å². The van der Waals surface area contributed by atoms with Crippen LogP contribution >= 0.6 is 0 Å². The van der Waals surface area contributed by atoms with Gasteiger partial charge in [0, 0.05) is 0 Å². The second-order valence-corrected chi connectivity index (χ2v) is 4.93. The van der Waals surface area contributed by atoms with E-state index in [9.17, 15) is 0 Å². The SMILES string of the molecule is [CH2]CCCCCCCCCCCC([CH2])C. The molecule has 0 heterocycles. The average molecular weight is 210 g/mol. The monoisotopic (exact) mass is 210 g/mol. The summed E-state index contributed by atoms with van der Waals surface area (Å²) in [4.78, 5) is 0. The lowest BCUT2D eigenvalue weighted by atomic mass is 10.0. The van der Waals surface area contributed by atoms with Gasteiger partial charge in [0.15, 0.2) is 0 Å². The maximum Gasteiger partial charge on any atom is -0.0443 e. The Morgan fingerprint density at radius 2 is 1.13 bits per heavy atom. The van der Waals surface area contributed by atoms with Gasteiger partial charge in [0.1, 0.15) is 0 Å². The Balaban J connectivity index is 2.87. The number of hydrogen-bond acceptors (Lipinski definition) is 0. The Morgan fingerprint density at radius 3 is 1.53 bits per heavy atom. The molecule has 0 spiro atoms. The van der Waals surface area contributed by atoms with Crippen molar-refractivity contribution in [2.45, 2.75) is 77.6 Å². The van der Waals surface area contributed by atoms with Gasteiger partial charge in [-0.1, -0.05) is 91.4 Å². The smallest absolute Gasteiger partial charge is 0.0443 e. The predicted molar refractivity (Wildman–Crippen MR) is 70.7 cm³/mol. The molecular formula is C15H30. The molecule has 0 aromatic heterocycles. The lowest BCUT2D eigenvalue weighted by Gasteiger charge is -2.04. The highest BCUT2D eigenvalue weighted by atomic mass is 14.0. The molecule has 0 N–H and O–H groups in total. The van der Waals surface area contributed by atoms with E-state index in [0.717, 1.165) is 6.42 Å². The van der Waals surface area contributed by atoms with Gasteiger partial charge in [0.2, 0.25) is 0 Å². The first-order chi connectivity index (χ1) is 7.27. The first-order valence-electron chi connectivity index (χ1n) is 6.89. The van der Waals surface area contributed by atoms with Gasteiger partial charge < -0.3 is 0 Å². The van der Waals surface area contributed by atoms with E-state index in [1.54, 1.807) is 0 Å². The largest absolute Gasteiger partial charge is 0.0625 e. The average Bonchev–Trinajstić information content (AvgIpc) is 2.20. The minimum absolute atomic E-state index is 0.646. The van der Waals surface area contributed by atoms with E-state index < -0.39 is 0 Å². The fourth-order valence-corrected chi connectivity index (χ4v) is 1.91. The van der Waals surface area contributed by atoms with Crippen molar-refractivity contribution in [3.63, 3.8) is 0 Å². The molecule has 2 radical (unpaired) electrons. The van der Waals surface area contributed by atoms with E-state index in [0.29, 0.717) is 5.92 Å². The molecule has 0 heteroatoms. The quantitative estimate of drug-likeness (QED) is 0.390. The predicted octanol–water partition coefficient (Wildman–Crippen LogP) is 5.58. The molecule has 15 heavy (non-hydrogen) atoms. The van der Waals surface area contributed by atoms with E-state index in [2.05, 4.69) is 20.8 Å². The second-order valence-electron chi connectivity index (χ2n) is 4.93. The van der Waals surface area contributed by atoms with Gasteiger partial charge in [-0.2, -0.15) is 0 Å². The number of unbranched alkanes of at least 4 members (excludes halogenated alkanes) is 9. The number of hydrogen-bond donors (Lipinski definition) is 0. The molecular weight excluding hydrogens is 180 g/mol. The lowest BCUT2D eigenvalue weighted by molar-refractivity contribution is 0.526. The summed E-state index contributed by atoms with van der Waals surface area (Å²) in [6, 6.07) is 0. The van der Waals surface area contributed by atoms with Crippen molar-refractivity contribution < 1.29 is 0 Å². The van der Waals surface area contributed by atoms with Crippen molar-refractivity contribution in [3.05, 3.63) is 13.8 Å². The van der Waals surface area contributed by atoms with Gasteiger partial charge in [0.25, 0.3) is 0 Å². The van der Waals surface area contributed by atoms with Gasteiger partial charge in [0.05, 0.1) is 0 Å². The molecule has 0 bridgehead atoms. The zero-order chi connectivity index (χ0) is 11.4. The van der Waals surface area contributed by atoms with Crippen LogP contribution in [0.4, 0.5) is 0 Å². The molecule has 0 aliphatic rings. The summed E-state index contributed by atoms with van der Waals surface area (Å²) in [5.41, 5.74) is 0. The Labute approximate surface area is 97.8 Å². The summed E-state index contributed by atoms with van der Waals surface area (Å²) in [5, 5.41) is 0.